The lowest BCUT2D eigenvalue weighted by Crippen LogP contribution is -2.29. The molecule has 53 heavy (non-hydrogen) atoms. The van der Waals surface area contributed by atoms with Crippen LogP contribution in [0.1, 0.15) is 151 Å². The molecule has 2 rings (SSSR count). The van der Waals surface area contributed by atoms with Crippen LogP contribution in [0.25, 0.3) is 4.13 Å². The summed E-state index contributed by atoms with van der Waals surface area (Å²) in [5, 5.41) is -2.60. The van der Waals surface area contributed by atoms with E-state index in [9.17, 15) is 34.2 Å². The first-order valence-corrected chi connectivity index (χ1v) is 24.7. The quantitative estimate of drug-likeness (QED) is 0.105. The van der Waals surface area contributed by atoms with Crippen molar-refractivity contribution in [2.75, 3.05) is 17.8 Å². The van der Waals surface area contributed by atoms with Gasteiger partial charge in [0.2, 0.25) is 0 Å². The lowest BCUT2D eigenvalue weighted by molar-refractivity contribution is 0.246. The molecular weight excluding hydrogens is 754 g/mol. The molecule has 0 fully saturated rings. The minimum absolute atomic E-state index is 0. The first-order chi connectivity index (χ1) is 23.9. The van der Waals surface area contributed by atoms with E-state index >= 15 is 0 Å². The van der Waals surface area contributed by atoms with Gasteiger partial charge in [-0.05, 0) is 100 Å². The van der Waals surface area contributed by atoms with Crippen LogP contribution < -0.4 is 0 Å². The molecule has 0 N–H and O–H groups in total. The normalized spacial score (nSPS) is 12.0. The van der Waals surface area contributed by atoms with E-state index in [4.69, 9.17) is 0 Å². The molecule has 1 atom stereocenters. The Morgan fingerprint density at radius 1 is 0.642 bits per heavy atom. The first-order valence-electron chi connectivity index (χ1n) is 18.4. The van der Waals surface area contributed by atoms with Crippen LogP contribution in [-0.2, 0) is 41.1 Å². The zero-order chi connectivity index (χ0) is 41.9. The number of nitrogens with zero attached hydrogens (tertiary/aromatic N) is 1. The fourth-order valence-electron chi connectivity index (χ4n) is 4.44. The SMILES string of the molecule is C.CC.CC.CCCC(C)(F)S(=O)(=O)[O-].CCCS(=O)(=O)[N-]S(=O)(=O)CCC.CC[C-](CC)CC.Cc1cc(C)cc([S+](C)c2cc(C)cc(C)c2)c1. The zero-order valence-corrected chi connectivity index (χ0v) is 38.4. The summed E-state index contributed by atoms with van der Waals surface area (Å²) in [6.07, 6.45) is 6.98. The molecule has 8 nitrogen and oxygen atoms in total. The van der Waals surface area contributed by atoms with Crippen LogP contribution in [0.5, 0.6) is 0 Å². The van der Waals surface area contributed by atoms with Gasteiger partial charge in [-0.15, -0.1) is 0 Å². The van der Waals surface area contributed by atoms with Crippen LogP contribution in [0.15, 0.2) is 46.2 Å². The van der Waals surface area contributed by atoms with E-state index in [0.29, 0.717) is 19.3 Å². The number of aryl methyl sites for hydroxylation is 4. The van der Waals surface area contributed by atoms with E-state index in [-0.39, 0.29) is 36.2 Å². The van der Waals surface area contributed by atoms with Gasteiger partial charge in [-0.2, -0.15) is 19.3 Å². The summed E-state index contributed by atoms with van der Waals surface area (Å²) in [6, 6.07) is 13.7. The molecule has 1 unspecified atom stereocenters. The fraction of sp³-hybridized carbons (Fsp3) is 0.675. The van der Waals surface area contributed by atoms with E-state index < -0.39 is 35.2 Å². The van der Waals surface area contributed by atoms with E-state index in [2.05, 4.69) is 95.2 Å². The predicted molar refractivity (Wildman–Crippen MR) is 231 cm³/mol. The highest BCUT2D eigenvalue weighted by Gasteiger charge is 2.29. The third-order valence-corrected chi connectivity index (χ3v) is 13.8. The second kappa shape index (κ2) is 31.7. The van der Waals surface area contributed by atoms with Crippen molar-refractivity contribution in [2.45, 2.75) is 171 Å². The Morgan fingerprint density at radius 3 is 1.09 bits per heavy atom. The lowest BCUT2D eigenvalue weighted by Gasteiger charge is -2.22. The van der Waals surface area contributed by atoms with Crippen LogP contribution in [0.3, 0.4) is 0 Å². The highest BCUT2D eigenvalue weighted by atomic mass is 32.3. The molecule has 13 heteroatoms. The summed E-state index contributed by atoms with van der Waals surface area (Å²) < 4.78 is 89.8. The minimum atomic E-state index is -4.78. The molecule has 0 amide bonds. The molecular formula is C40H76FNO7S4-2. The molecule has 0 aromatic heterocycles. The second-order valence-corrected chi connectivity index (χ2v) is 19.4. The molecule has 2 aromatic rings. The number of benzene rings is 2. The number of halogens is 1. The maximum atomic E-state index is 12.7. The Kier molecular flexibility index (Phi) is 36.3. The first kappa shape index (κ1) is 60.7. The van der Waals surface area contributed by atoms with Gasteiger partial charge in [0, 0.05) is 11.5 Å². The standard InChI is InChI=1S/C17H21S.C7H15.C6H14NO4S2.C5H11FO3S.2C2H6.CH4/c1-12-6-13(2)9-16(8-12)18(5)17-10-14(3)7-15(4)11-17;1-4-7(5-2)6-3;1-3-5-12(8,9)7-13(10,11)6-4-2;1-3-4-5(2,6)10(7,8)9;2*1-2;/h6-11H,1-5H3;4-6H2,1-3H3;3-6H2,1-2H3;3-4H2,1-2H3,(H,7,8,9);2*1-2H3;1H4/q+1;2*-1;;;;/p-1. The third-order valence-electron chi connectivity index (χ3n) is 6.97. The van der Waals surface area contributed by atoms with Gasteiger partial charge < -0.3 is 14.6 Å². The number of sulfonamides is 2. The summed E-state index contributed by atoms with van der Waals surface area (Å²) in [5.74, 6) is 1.26. The maximum absolute atomic E-state index is 12.7. The highest BCUT2D eigenvalue weighted by molar-refractivity contribution is 8.12. The second-order valence-electron chi connectivity index (χ2n) is 11.9. The maximum Gasteiger partial charge on any atom is 0.196 e. The van der Waals surface area contributed by atoms with Crippen LogP contribution in [0, 0.1) is 33.6 Å². The smallest absolute Gasteiger partial charge is 0.196 e. The van der Waals surface area contributed by atoms with E-state index in [1.54, 1.807) is 26.7 Å². The van der Waals surface area contributed by atoms with Crippen molar-refractivity contribution in [3.8, 4) is 0 Å². The fourth-order valence-corrected chi connectivity index (χ4v) is 9.63. The van der Waals surface area contributed by atoms with Crippen molar-refractivity contribution in [3.05, 3.63) is 68.7 Å². The average Bonchev–Trinajstić information content (AvgIpc) is 3.02. The van der Waals surface area contributed by atoms with Crippen molar-refractivity contribution < 1.29 is 34.2 Å². The van der Waals surface area contributed by atoms with Crippen molar-refractivity contribution in [1.82, 2.24) is 0 Å². The van der Waals surface area contributed by atoms with Gasteiger partial charge in [0.05, 0.1) is 30.9 Å². The molecule has 0 heterocycles. The molecule has 0 saturated carbocycles. The van der Waals surface area contributed by atoms with E-state index in [0.717, 1.165) is 6.92 Å². The topological polar surface area (TPSA) is 140 Å². The van der Waals surface area contributed by atoms with Gasteiger partial charge in [0.15, 0.2) is 14.8 Å². The van der Waals surface area contributed by atoms with Crippen LogP contribution in [-0.4, -0.2) is 52.6 Å². The van der Waals surface area contributed by atoms with Crippen molar-refractivity contribution >= 4 is 41.1 Å². The molecule has 0 aliphatic rings. The monoisotopic (exact) mass is 829 g/mol. The number of rotatable bonds is 14. The Morgan fingerprint density at radius 2 is 0.925 bits per heavy atom. The molecule has 0 radical (unpaired) electrons. The molecule has 0 bridgehead atoms. The highest BCUT2D eigenvalue weighted by Crippen LogP contribution is 2.25. The molecule has 0 spiro atoms. The number of alkyl halides is 1. The number of hydrogen-bond acceptors (Lipinski definition) is 7. The van der Waals surface area contributed by atoms with Gasteiger partial charge in [0.1, 0.15) is 16.4 Å². The van der Waals surface area contributed by atoms with Crippen molar-refractivity contribution in [1.29, 1.82) is 0 Å². The Balaban J connectivity index is -0.000000195. The van der Waals surface area contributed by atoms with Crippen LogP contribution in [0.4, 0.5) is 4.39 Å². The summed E-state index contributed by atoms with van der Waals surface area (Å²) >= 11 is 0. The molecule has 2 aromatic carbocycles. The average molecular weight is 830 g/mol. The minimum Gasteiger partial charge on any atom is -0.745 e. The van der Waals surface area contributed by atoms with Crippen LogP contribution in [0.2, 0.25) is 0 Å². The van der Waals surface area contributed by atoms with Gasteiger partial charge in [-0.3, -0.25) is 0 Å². The van der Waals surface area contributed by atoms with Gasteiger partial charge >= 0.3 is 0 Å². The molecule has 316 valence electrons. The van der Waals surface area contributed by atoms with E-state index in [1.165, 1.54) is 51.3 Å². The van der Waals surface area contributed by atoms with Gasteiger partial charge in [-0.25, -0.2) is 29.6 Å². The Bertz CT molecular complexity index is 1410. The molecule has 0 aliphatic heterocycles. The summed E-state index contributed by atoms with van der Waals surface area (Å²) in [5.41, 5.74) is 5.42. The Hall–Kier alpha value is -1.51. The van der Waals surface area contributed by atoms with Crippen LogP contribution >= 0.6 is 0 Å². The van der Waals surface area contributed by atoms with Crippen molar-refractivity contribution in [2.24, 2.45) is 0 Å². The summed E-state index contributed by atoms with van der Waals surface area (Å²) in [6.45, 7) is 29.1. The lowest BCUT2D eigenvalue weighted by atomic mass is 10.0. The summed E-state index contributed by atoms with van der Waals surface area (Å²) in [4.78, 5) is 2.88. The van der Waals surface area contributed by atoms with Crippen molar-refractivity contribution in [3.63, 3.8) is 0 Å². The van der Waals surface area contributed by atoms with Gasteiger partial charge in [-0.1, -0.05) is 95.2 Å². The van der Waals surface area contributed by atoms with E-state index in [1.807, 2.05) is 27.7 Å². The molecule has 0 aliphatic carbocycles. The summed E-state index contributed by atoms with van der Waals surface area (Å²) in [7, 11) is -12.2. The largest absolute Gasteiger partial charge is 0.745 e. The molecule has 0 saturated heterocycles. The van der Waals surface area contributed by atoms with Gasteiger partial charge in [0.25, 0.3) is 0 Å². The third kappa shape index (κ3) is 29.5. The number of hydrogen-bond donors (Lipinski definition) is 0. The zero-order valence-electron chi connectivity index (χ0n) is 35.1. The Labute approximate surface area is 331 Å². The predicted octanol–water partition coefficient (Wildman–Crippen LogP) is 11.9.